The molecule has 1 unspecified atom stereocenters. The summed E-state index contributed by atoms with van der Waals surface area (Å²) in [5.74, 6) is 0.520. The first kappa shape index (κ1) is 27.7. The van der Waals surface area contributed by atoms with Gasteiger partial charge in [0.2, 0.25) is 0 Å². The molecule has 5 rings (SSSR count). The number of hydrogen-bond donors (Lipinski definition) is 3. The number of carbonyl (C=O) groups excluding carboxylic acids is 1. The number of anilines is 1. The van der Waals surface area contributed by atoms with Crippen molar-refractivity contribution in [3.8, 4) is 11.1 Å². The van der Waals surface area contributed by atoms with Crippen LogP contribution < -0.4 is 16.0 Å². The molecule has 208 valence electrons. The van der Waals surface area contributed by atoms with Gasteiger partial charge in [-0.2, -0.15) is 5.10 Å². The van der Waals surface area contributed by atoms with E-state index in [4.69, 9.17) is 5.41 Å². The van der Waals surface area contributed by atoms with Crippen LogP contribution in [-0.2, 0) is 17.4 Å². The van der Waals surface area contributed by atoms with Crippen molar-refractivity contribution in [3.63, 3.8) is 0 Å². The van der Waals surface area contributed by atoms with Crippen LogP contribution >= 0.6 is 0 Å². The lowest BCUT2D eigenvalue weighted by atomic mass is 10.0. The fourth-order valence-corrected chi connectivity index (χ4v) is 5.48. The molecule has 0 radical (unpaired) electrons. The van der Waals surface area contributed by atoms with Gasteiger partial charge in [0.1, 0.15) is 0 Å². The number of likely N-dealkylation sites (tertiary alicyclic amines) is 1. The Morgan fingerprint density at radius 3 is 2.75 bits per heavy atom. The molecule has 1 aliphatic heterocycles. The third-order valence-corrected chi connectivity index (χ3v) is 7.95. The molecule has 2 aliphatic rings. The number of amides is 1. The maximum Gasteiger partial charge on any atom is 0.255 e. The lowest BCUT2D eigenvalue weighted by Gasteiger charge is -2.22. The van der Waals surface area contributed by atoms with Crippen molar-refractivity contribution in [2.24, 2.45) is 13.0 Å². The lowest BCUT2D eigenvalue weighted by Crippen LogP contribution is -2.37. The van der Waals surface area contributed by atoms with Crippen molar-refractivity contribution in [2.75, 3.05) is 31.5 Å². The van der Waals surface area contributed by atoms with E-state index >= 15 is 0 Å². The number of nitrogens with one attached hydrogen (secondary N) is 3. The molecule has 8 heteroatoms. The SMILES string of the molecule is C=C(C(=O)Nc1cc(C2(NCCN3CCC(CCC)C3)C=C2)cnc1C)c1ccc(-c2cnn(C)c2)cc(=N)c1. The zero-order chi connectivity index (χ0) is 28.3. The molecule has 3 N–H and O–H groups in total. The van der Waals surface area contributed by atoms with Gasteiger partial charge in [-0.15, -0.1) is 0 Å². The maximum absolute atomic E-state index is 13.3. The predicted molar refractivity (Wildman–Crippen MR) is 159 cm³/mol. The Kier molecular flexibility index (Phi) is 8.09. The minimum Gasteiger partial charge on any atom is -0.320 e. The van der Waals surface area contributed by atoms with Crippen molar-refractivity contribution in [1.82, 2.24) is 25.0 Å². The van der Waals surface area contributed by atoms with Crippen LogP contribution in [0.3, 0.4) is 0 Å². The fourth-order valence-electron chi connectivity index (χ4n) is 5.48. The van der Waals surface area contributed by atoms with Gasteiger partial charge in [0, 0.05) is 55.8 Å². The normalized spacial score (nSPS) is 17.6. The molecule has 8 nitrogen and oxygen atoms in total. The average Bonchev–Trinajstić information content (AvgIpc) is 3.46. The second-order valence-electron chi connectivity index (χ2n) is 11.1. The van der Waals surface area contributed by atoms with E-state index < -0.39 is 0 Å². The van der Waals surface area contributed by atoms with Crippen LogP contribution in [0.5, 0.6) is 0 Å². The van der Waals surface area contributed by atoms with Crippen molar-refractivity contribution in [3.05, 3.63) is 89.8 Å². The van der Waals surface area contributed by atoms with E-state index in [-0.39, 0.29) is 22.4 Å². The van der Waals surface area contributed by atoms with Crippen molar-refractivity contribution in [2.45, 2.75) is 38.6 Å². The summed E-state index contributed by atoms with van der Waals surface area (Å²) in [5, 5.41) is 19.6. The fraction of sp³-hybridized carbons (Fsp3) is 0.375. The molecule has 0 spiro atoms. The van der Waals surface area contributed by atoms with Gasteiger partial charge >= 0.3 is 0 Å². The Morgan fingerprint density at radius 2 is 2.02 bits per heavy atom. The van der Waals surface area contributed by atoms with Crippen LogP contribution in [0.4, 0.5) is 5.69 Å². The van der Waals surface area contributed by atoms with Gasteiger partial charge in [-0.3, -0.25) is 19.8 Å². The van der Waals surface area contributed by atoms with Crippen LogP contribution in [0.15, 0.2) is 67.7 Å². The molecule has 3 heterocycles. The summed E-state index contributed by atoms with van der Waals surface area (Å²) in [6.45, 7) is 12.5. The second kappa shape index (κ2) is 11.7. The Labute approximate surface area is 236 Å². The second-order valence-corrected chi connectivity index (χ2v) is 11.1. The van der Waals surface area contributed by atoms with E-state index in [2.05, 4.69) is 51.3 Å². The third kappa shape index (κ3) is 6.29. The van der Waals surface area contributed by atoms with Gasteiger partial charge < -0.3 is 15.6 Å². The molecule has 40 heavy (non-hydrogen) atoms. The van der Waals surface area contributed by atoms with Gasteiger partial charge in [0.15, 0.2) is 0 Å². The molecule has 3 aromatic rings. The average molecular weight is 538 g/mol. The van der Waals surface area contributed by atoms with E-state index in [0.29, 0.717) is 11.3 Å². The van der Waals surface area contributed by atoms with Crippen molar-refractivity contribution < 1.29 is 4.79 Å². The molecule has 2 aromatic heterocycles. The van der Waals surface area contributed by atoms with Gasteiger partial charge in [0.05, 0.1) is 28.5 Å². The zero-order valence-corrected chi connectivity index (χ0v) is 23.7. The van der Waals surface area contributed by atoms with Crippen LogP contribution in [0.25, 0.3) is 16.7 Å². The van der Waals surface area contributed by atoms with E-state index in [0.717, 1.165) is 41.4 Å². The summed E-state index contributed by atoms with van der Waals surface area (Å²) in [4.78, 5) is 20.4. The van der Waals surface area contributed by atoms with Gasteiger partial charge in [-0.25, -0.2) is 0 Å². The Bertz CT molecular complexity index is 1500. The summed E-state index contributed by atoms with van der Waals surface area (Å²) >= 11 is 0. The number of aromatic nitrogens is 3. The smallest absolute Gasteiger partial charge is 0.255 e. The Balaban J connectivity index is 1.24. The number of pyridine rings is 1. The summed E-state index contributed by atoms with van der Waals surface area (Å²) in [6.07, 6.45) is 13.7. The van der Waals surface area contributed by atoms with E-state index in [1.807, 2.05) is 44.6 Å². The molecule has 1 fully saturated rings. The van der Waals surface area contributed by atoms with Crippen LogP contribution in [0.1, 0.15) is 43.0 Å². The van der Waals surface area contributed by atoms with Crippen LogP contribution in [0.2, 0.25) is 0 Å². The molecule has 1 aliphatic carbocycles. The molecule has 1 saturated heterocycles. The first-order valence-electron chi connectivity index (χ1n) is 14.1. The first-order valence-corrected chi connectivity index (χ1v) is 14.1. The van der Waals surface area contributed by atoms with E-state index in [1.54, 1.807) is 23.0 Å². The maximum atomic E-state index is 13.3. The summed E-state index contributed by atoms with van der Waals surface area (Å²) in [6, 6.07) is 9.11. The zero-order valence-electron chi connectivity index (χ0n) is 23.7. The number of rotatable bonds is 11. The van der Waals surface area contributed by atoms with Gasteiger partial charge in [0.25, 0.3) is 5.91 Å². The van der Waals surface area contributed by atoms with Crippen molar-refractivity contribution in [1.29, 1.82) is 5.41 Å². The minimum atomic E-state index is -0.322. The number of aryl methyl sites for hydroxylation is 2. The first-order chi connectivity index (χ1) is 19.3. The predicted octanol–water partition coefficient (Wildman–Crippen LogP) is 4.40. The van der Waals surface area contributed by atoms with Gasteiger partial charge in [-0.1, -0.05) is 44.2 Å². The Hall–Kier alpha value is -3.88. The third-order valence-electron chi connectivity index (χ3n) is 7.95. The topological polar surface area (TPSA) is 98.9 Å². The monoisotopic (exact) mass is 537 g/mol. The number of nitrogens with zero attached hydrogens (tertiary/aromatic N) is 4. The highest BCUT2D eigenvalue weighted by molar-refractivity contribution is 6.24. The molecule has 1 amide bonds. The van der Waals surface area contributed by atoms with Crippen LogP contribution in [0, 0.1) is 18.3 Å². The number of hydrogen-bond acceptors (Lipinski definition) is 6. The summed E-state index contributed by atoms with van der Waals surface area (Å²) in [7, 11) is 1.85. The van der Waals surface area contributed by atoms with E-state index in [1.165, 1.54) is 32.4 Å². The highest BCUT2D eigenvalue weighted by atomic mass is 16.1. The number of carbonyl (C=O) groups is 1. The Morgan fingerprint density at radius 1 is 1.20 bits per heavy atom. The minimum absolute atomic E-state index is 0.287. The molecule has 0 saturated carbocycles. The molecule has 1 aromatic carbocycles. The summed E-state index contributed by atoms with van der Waals surface area (Å²) in [5.41, 5.74) is 4.72. The van der Waals surface area contributed by atoms with E-state index in [9.17, 15) is 4.79 Å². The van der Waals surface area contributed by atoms with Gasteiger partial charge in [-0.05, 0) is 61.6 Å². The largest absolute Gasteiger partial charge is 0.320 e. The van der Waals surface area contributed by atoms with Crippen molar-refractivity contribution >= 4 is 17.2 Å². The quantitative estimate of drug-likeness (QED) is 0.249. The summed E-state index contributed by atoms with van der Waals surface area (Å²) < 4.78 is 1.72. The molecular formula is C32H39N7O. The van der Waals surface area contributed by atoms with Crippen LogP contribution in [-0.4, -0.2) is 51.8 Å². The highest BCUT2D eigenvalue weighted by Crippen LogP contribution is 2.37. The lowest BCUT2D eigenvalue weighted by molar-refractivity contribution is -0.111. The molecular weight excluding hydrogens is 498 g/mol. The standard InChI is InChI=1S/C32H39N7O/c1-5-6-24-9-13-39(20-24)14-12-35-32(10-11-32)28-17-30(23(3)34-19-28)37-31(40)22(2)25-7-8-26(16-29(33)15-25)27-18-36-38(4)21-27/h7-8,10-11,15-19,21,24,33,35H,2,5-6,9,12-14,20H2,1,3-4H3,(H,37,40). The molecule has 1 atom stereocenters. The molecule has 0 bridgehead atoms. The highest BCUT2D eigenvalue weighted by Gasteiger charge is 2.36.